The number of rotatable bonds is 5. The number of hydrogen-bond acceptors (Lipinski definition) is 6. The Morgan fingerprint density at radius 1 is 1.43 bits per heavy atom. The van der Waals surface area contributed by atoms with Gasteiger partial charge >= 0.3 is 0 Å². The molecule has 0 saturated carbocycles. The number of hydrogen-bond donors (Lipinski definition) is 2. The molecule has 3 rings (SSSR count). The van der Waals surface area contributed by atoms with E-state index in [1.807, 2.05) is 22.6 Å². The van der Waals surface area contributed by atoms with Gasteiger partial charge in [0.05, 0.1) is 19.7 Å². The third-order valence-corrected chi connectivity index (χ3v) is 6.68. The van der Waals surface area contributed by atoms with Gasteiger partial charge in [0.2, 0.25) is 5.69 Å². The van der Waals surface area contributed by atoms with Crippen LogP contribution in [0.15, 0.2) is 41.6 Å². The van der Waals surface area contributed by atoms with Crippen LogP contribution in [0.5, 0.6) is 5.75 Å². The number of β-amino-alcohol motifs (C(OH)–C–C–N with tert-alkyl or cyclic N) is 1. The fourth-order valence-electron chi connectivity index (χ4n) is 2.77. The molecule has 1 fully saturated rings. The van der Waals surface area contributed by atoms with E-state index in [4.69, 9.17) is 11.3 Å². The van der Waals surface area contributed by atoms with E-state index in [1.165, 1.54) is 24.4 Å². The van der Waals surface area contributed by atoms with Crippen LogP contribution in [-0.4, -0.2) is 59.3 Å². The van der Waals surface area contributed by atoms with Crippen LogP contribution < -0.4 is 4.74 Å². The van der Waals surface area contributed by atoms with E-state index >= 15 is 0 Å². The molecule has 0 radical (unpaired) electrons. The fraction of sp³-hybridized carbons (Fsp3) is 0.294. The van der Waals surface area contributed by atoms with Crippen LogP contribution in [0.2, 0.25) is 0 Å². The highest BCUT2D eigenvalue weighted by Crippen LogP contribution is 2.31. The number of ether oxygens (including phenoxy) is 1. The summed E-state index contributed by atoms with van der Waals surface area (Å²) in [7, 11) is -4.03. The van der Waals surface area contributed by atoms with Crippen LogP contribution >= 0.6 is 22.6 Å². The Labute approximate surface area is 174 Å². The van der Waals surface area contributed by atoms with Gasteiger partial charge in [-0.1, -0.05) is 0 Å². The number of sulfonamides is 1. The Morgan fingerprint density at radius 2 is 2.18 bits per heavy atom. The largest absolute Gasteiger partial charge is 0.486 e. The molecule has 1 aliphatic heterocycles. The maximum absolute atomic E-state index is 13.8. The lowest BCUT2D eigenvalue weighted by atomic mass is 10.0. The van der Waals surface area contributed by atoms with Crippen molar-refractivity contribution in [2.45, 2.75) is 16.7 Å². The van der Waals surface area contributed by atoms with Crippen molar-refractivity contribution in [1.29, 1.82) is 0 Å². The molecule has 11 heteroatoms. The second-order valence-electron chi connectivity index (χ2n) is 6.21. The number of aliphatic hydroxyl groups excluding tert-OH is 1. The van der Waals surface area contributed by atoms with Crippen LogP contribution in [0.1, 0.15) is 0 Å². The van der Waals surface area contributed by atoms with E-state index in [9.17, 15) is 23.0 Å². The van der Waals surface area contributed by atoms with Crippen molar-refractivity contribution >= 4 is 38.3 Å². The lowest BCUT2D eigenvalue weighted by molar-refractivity contribution is -0.0641. The second-order valence-corrected chi connectivity index (χ2v) is 9.34. The average molecular weight is 519 g/mol. The Bertz CT molecular complexity index is 1030. The van der Waals surface area contributed by atoms with E-state index in [2.05, 4.69) is 9.83 Å². The smallest absolute Gasteiger partial charge is 0.260 e. The third kappa shape index (κ3) is 3.96. The summed E-state index contributed by atoms with van der Waals surface area (Å²) in [6.45, 7) is 5.42. The van der Waals surface area contributed by atoms with Gasteiger partial charge in [-0.2, -0.15) is 4.31 Å². The Hall–Kier alpha value is -1.85. The van der Waals surface area contributed by atoms with E-state index in [0.717, 1.165) is 13.9 Å². The van der Waals surface area contributed by atoms with Crippen molar-refractivity contribution < 1.29 is 27.8 Å². The van der Waals surface area contributed by atoms with Crippen LogP contribution in [0.3, 0.4) is 0 Å². The highest BCUT2D eigenvalue weighted by molar-refractivity contribution is 14.1. The predicted octanol–water partition coefficient (Wildman–Crippen LogP) is 1.55. The van der Waals surface area contributed by atoms with Crippen molar-refractivity contribution in [2.24, 2.45) is 0 Å². The van der Waals surface area contributed by atoms with Crippen molar-refractivity contribution in [1.82, 2.24) is 9.29 Å². The summed E-state index contributed by atoms with van der Waals surface area (Å²) in [6.07, 6.45) is 0.256. The molecule has 2 aromatic rings. The zero-order chi connectivity index (χ0) is 20.5. The molecule has 0 bridgehead atoms. The van der Waals surface area contributed by atoms with Gasteiger partial charge in [0.25, 0.3) is 10.0 Å². The van der Waals surface area contributed by atoms with Crippen LogP contribution in [0.4, 0.5) is 10.1 Å². The molecule has 148 valence electrons. The molecule has 0 unspecified atom stereocenters. The molecular weight excluding hydrogens is 504 g/mol. The van der Waals surface area contributed by atoms with Crippen molar-refractivity contribution in [2.75, 3.05) is 19.7 Å². The Morgan fingerprint density at radius 3 is 2.75 bits per heavy atom. The zero-order valence-electron chi connectivity index (χ0n) is 14.3. The third-order valence-electron chi connectivity index (χ3n) is 4.32. The van der Waals surface area contributed by atoms with Crippen LogP contribution in [-0.2, 0) is 10.0 Å². The average Bonchev–Trinajstić information content (AvgIpc) is 3.00. The molecule has 1 aromatic heterocycles. The van der Waals surface area contributed by atoms with Gasteiger partial charge in [-0.25, -0.2) is 22.6 Å². The molecular formula is C17H15FIN3O5S. The number of aromatic nitrogens is 1. The molecule has 28 heavy (non-hydrogen) atoms. The minimum absolute atomic E-state index is 0.00779. The number of aliphatic hydroxyl groups is 2. The number of pyridine rings is 1. The fourth-order valence-corrected chi connectivity index (χ4v) is 4.51. The standard InChI is InChI=1S/C17H15FIN3O5S/c1-20-14-4-3-12(6-13(14)18)27-15-8-22(9-17(15,24)10-23)28(25,26)16-5-2-11(19)7-21-16/h2-7,15,23-24H,8-10H2/t15-,17+/m0/s1. The molecule has 1 aromatic carbocycles. The summed E-state index contributed by atoms with van der Waals surface area (Å²) in [5.74, 6) is -0.793. The molecule has 1 aliphatic rings. The van der Waals surface area contributed by atoms with E-state index < -0.39 is 40.7 Å². The van der Waals surface area contributed by atoms with Gasteiger partial charge in [-0.3, -0.25) is 0 Å². The summed E-state index contributed by atoms with van der Waals surface area (Å²) in [5.41, 5.74) is -2.07. The molecule has 0 aliphatic carbocycles. The molecule has 2 heterocycles. The summed E-state index contributed by atoms with van der Waals surface area (Å²) < 4.78 is 46.7. The van der Waals surface area contributed by atoms with Crippen LogP contribution in [0.25, 0.3) is 4.85 Å². The highest BCUT2D eigenvalue weighted by atomic mass is 127. The summed E-state index contributed by atoms with van der Waals surface area (Å²) >= 11 is 1.99. The SMILES string of the molecule is [C-]#[N+]c1ccc(O[C@H]2CN(S(=O)(=O)c3ccc(I)cn3)C[C@@]2(O)CO)cc1F. The summed E-state index contributed by atoms with van der Waals surface area (Å²) in [4.78, 5) is 6.91. The molecule has 0 amide bonds. The van der Waals surface area contributed by atoms with Gasteiger partial charge in [0.1, 0.15) is 23.3 Å². The van der Waals surface area contributed by atoms with Gasteiger partial charge in [-0.15, -0.1) is 0 Å². The maximum atomic E-state index is 13.8. The summed E-state index contributed by atoms with van der Waals surface area (Å²) in [5, 5.41) is 20.1. The monoisotopic (exact) mass is 519 g/mol. The lowest BCUT2D eigenvalue weighted by Gasteiger charge is -2.27. The molecule has 2 atom stereocenters. The molecule has 8 nitrogen and oxygen atoms in total. The van der Waals surface area contributed by atoms with Gasteiger partial charge in [-0.05, 0) is 46.9 Å². The zero-order valence-corrected chi connectivity index (χ0v) is 17.3. The topological polar surface area (TPSA) is 104 Å². The van der Waals surface area contributed by atoms with E-state index in [1.54, 1.807) is 6.07 Å². The summed E-state index contributed by atoms with van der Waals surface area (Å²) in [6, 6.07) is 6.47. The molecule has 2 N–H and O–H groups in total. The first-order chi connectivity index (χ1) is 13.2. The number of nitrogens with zero attached hydrogens (tertiary/aromatic N) is 3. The van der Waals surface area contributed by atoms with Crippen LogP contribution in [0, 0.1) is 16.0 Å². The molecule has 0 spiro atoms. The Balaban J connectivity index is 1.86. The molecule has 1 saturated heterocycles. The van der Waals surface area contributed by atoms with Crippen molar-refractivity contribution in [3.05, 3.63) is 57.3 Å². The van der Waals surface area contributed by atoms with E-state index in [-0.39, 0.29) is 23.0 Å². The van der Waals surface area contributed by atoms with E-state index in [0.29, 0.717) is 0 Å². The number of halogens is 2. The van der Waals surface area contributed by atoms with Gasteiger partial charge in [0.15, 0.2) is 5.03 Å². The van der Waals surface area contributed by atoms with Gasteiger partial charge < -0.3 is 14.9 Å². The van der Waals surface area contributed by atoms with Gasteiger partial charge in [0, 0.05) is 22.4 Å². The first-order valence-electron chi connectivity index (χ1n) is 7.98. The highest BCUT2D eigenvalue weighted by Gasteiger charge is 2.51. The number of benzene rings is 1. The van der Waals surface area contributed by atoms with Crippen molar-refractivity contribution in [3.63, 3.8) is 0 Å². The van der Waals surface area contributed by atoms with Crippen molar-refractivity contribution in [3.8, 4) is 5.75 Å². The minimum Gasteiger partial charge on any atom is -0.486 e. The quantitative estimate of drug-likeness (QED) is 0.459. The predicted molar refractivity (Wildman–Crippen MR) is 105 cm³/mol. The lowest BCUT2D eigenvalue weighted by Crippen LogP contribution is -2.48. The normalized spacial score (nSPS) is 22.8. The first kappa shape index (κ1) is 20.9. The Kier molecular flexibility index (Phi) is 5.87. The maximum Gasteiger partial charge on any atom is 0.260 e. The second kappa shape index (κ2) is 7.88. The first-order valence-corrected chi connectivity index (χ1v) is 10.5. The minimum atomic E-state index is -4.03.